The highest BCUT2D eigenvalue weighted by Crippen LogP contribution is 2.42. The largest absolute Gasteiger partial charge is 0.476 e. The number of aromatic carboxylic acids is 1. The maximum Gasteiger partial charge on any atom is 0.358 e. The molecule has 1 aliphatic rings. The van der Waals surface area contributed by atoms with E-state index in [1.165, 1.54) is 10.7 Å². The van der Waals surface area contributed by atoms with Gasteiger partial charge in [0.15, 0.2) is 5.69 Å². The van der Waals surface area contributed by atoms with Crippen molar-refractivity contribution in [3.05, 3.63) is 53.5 Å². The van der Waals surface area contributed by atoms with Crippen LogP contribution in [0.4, 0.5) is 4.39 Å². The third-order valence-electron chi connectivity index (χ3n) is 7.14. The fourth-order valence-electron chi connectivity index (χ4n) is 5.57. The summed E-state index contributed by atoms with van der Waals surface area (Å²) in [5.41, 5.74) is 4.58. The van der Waals surface area contributed by atoms with Crippen LogP contribution in [0.3, 0.4) is 0 Å². The van der Waals surface area contributed by atoms with Crippen molar-refractivity contribution in [3.8, 4) is 11.3 Å². The highest BCUT2D eigenvalue weighted by Gasteiger charge is 2.36. The summed E-state index contributed by atoms with van der Waals surface area (Å²) >= 11 is 0. The van der Waals surface area contributed by atoms with E-state index in [0.717, 1.165) is 17.0 Å². The number of pyridine rings is 2. The molecular weight excluding hydrogens is 479 g/mol. The van der Waals surface area contributed by atoms with Crippen LogP contribution in [0.2, 0.25) is 0 Å². The number of carboxylic acids is 1. The second-order valence-electron chi connectivity index (χ2n) is 9.35. The molecule has 5 aromatic heterocycles. The van der Waals surface area contributed by atoms with Crippen LogP contribution in [-0.2, 0) is 18.8 Å². The molecule has 6 rings (SSSR count). The van der Waals surface area contributed by atoms with Crippen molar-refractivity contribution >= 4 is 28.0 Å². The summed E-state index contributed by atoms with van der Waals surface area (Å²) in [6, 6.07) is 4.27. The molecule has 1 fully saturated rings. The highest BCUT2D eigenvalue weighted by molar-refractivity contribution is 6.11. The predicted molar refractivity (Wildman–Crippen MR) is 132 cm³/mol. The van der Waals surface area contributed by atoms with Crippen LogP contribution in [0.5, 0.6) is 0 Å². The Morgan fingerprint density at radius 1 is 1.19 bits per heavy atom. The summed E-state index contributed by atoms with van der Waals surface area (Å²) in [6.45, 7) is 2.92. The van der Waals surface area contributed by atoms with Gasteiger partial charge in [-0.25, -0.2) is 13.9 Å². The van der Waals surface area contributed by atoms with Crippen molar-refractivity contribution < 1.29 is 19.0 Å². The number of ether oxygens (including phenoxy) is 1. The van der Waals surface area contributed by atoms with Crippen LogP contribution >= 0.6 is 0 Å². The van der Waals surface area contributed by atoms with E-state index in [1.807, 2.05) is 17.6 Å². The Bertz CT molecular complexity index is 1640. The minimum Gasteiger partial charge on any atom is -0.476 e. The number of hydrogen-bond acceptors (Lipinski definition) is 7. The Balaban J connectivity index is 1.74. The molecule has 0 aromatic carbocycles. The summed E-state index contributed by atoms with van der Waals surface area (Å²) in [5, 5.41) is 22.7. The van der Waals surface area contributed by atoms with Crippen LogP contribution in [0.15, 0.2) is 30.6 Å². The van der Waals surface area contributed by atoms with Gasteiger partial charge in [-0.15, -0.1) is 5.10 Å². The van der Waals surface area contributed by atoms with Gasteiger partial charge < -0.3 is 14.4 Å². The normalized spacial score (nSPS) is 15.6. The standard InChI is InChI=1S/C25H25FN8O3/c1-13-21(33(3)31-29-13)15-11-17-19(28-12-15)23-24(20(25(35)36)30-32(23)2)34(17)22(14-6-9-37-10-7-14)18-16(26)5-4-8-27-18/h4-5,8,11-12,14,22H,6-7,9-10H2,1-3H3,(H,35,36)/t22-/m0/s1. The van der Waals surface area contributed by atoms with E-state index in [9.17, 15) is 9.90 Å². The monoisotopic (exact) mass is 504 g/mol. The first-order valence-electron chi connectivity index (χ1n) is 12.0. The molecule has 11 nitrogen and oxygen atoms in total. The van der Waals surface area contributed by atoms with Gasteiger partial charge in [0.1, 0.15) is 22.4 Å². The number of nitrogens with zero attached hydrogens (tertiary/aromatic N) is 8. The molecule has 1 atom stereocenters. The number of fused-ring (bicyclic) bond motifs is 3. The molecule has 5 aromatic rings. The zero-order chi connectivity index (χ0) is 25.8. The van der Waals surface area contributed by atoms with Crippen LogP contribution < -0.4 is 0 Å². The Morgan fingerprint density at radius 2 is 1.97 bits per heavy atom. The SMILES string of the molecule is Cc1nnn(C)c1-c1cnc2c3c(c(C(=O)O)nn3C)n([C@H](c3ncccc3F)C3CCOCC3)c2c1. The molecule has 0 amide bonds. The number of halogens is 1. The average molecular weight is 505 g/mol. The third kappa shape index (κ3) is 3.58. The Labute approximate surface area is 210 Å². The summed E-state index contributed by atoms with van der Waals surface area (Å²) in [4.78, 5) is 21.6. The molecule has 190 valence electrons. The number of aryl methyl sites for hydroxylation is 3. The van der Waals surface area contributed by atoms with Gasteiger partial charge in [0.05, 0.1) is 28.6 Å². The first-order valence-corrected chi connectivity index (χ1v) is 12.0. The van der Waals surface area contributed by atoms with Gasteiger partial charge in [-0.2, -0.15) is 5.10 Å². The Kier molecular flexibility index (Phi) is 5.48. The topological polar surface area (TPSA) is 126 Å². The molecule has 0 saturated carbocycles. The number of hydrogen-bond donors (Lipinski definition) is 1. The Hall–Kier alpha value is -4.19. The number of aromatic nitrogens is 8. The van der Waals surface area contributed by atoms with E-state index in [-0.39, 0.29) is 17.3 Å². The van der Waals surface area contributed by atoms with E-state index < -0.39 is 17.8 Å². The number of carbonyl (C=O) groups is 1. The Morgan fingerprint density at radius 3 is 2.65 bits per heavy atom. The minimum atomic E-state index is -1.17. The maximum absolute atomic E-state index is 15.4. The maximum atomic E-state index is 15.4. The summed E-state index contributed by atoms with van der Waals surface area (Å²) < 4.78 is 26.1. The van der Waals surface area contributed by atoms with Gasteiger partial charge in [0.25, 0.3) is 0 Å². The first-order chi connectivity index (χ1) is 17.9. The van der Waals surface area contributed by atoms with Gasteiger partial charge in [-0.1, -0.05) is 5.21 Å². The molecule has 0 spiro atoms. The highest BCUT2D eigenvalue weighted by atomic mass is 19.1. The molecule has 6 heterocycles. The zero-order valence-electron chi connectivity index (χ0n) is 20.6. The van der Waals surface area contributed by atoms with Gasteiger partial charge in [-0.05, 0) is 43.9 Å². The number of carboxylic acid groups (broad SMARTS) is 1. The molecule has 0 radical (unpaired) electrons. The molecule has 12 heteroatoms. The smallest absolute Gasteiger partial charge is 0.358 e. The second kappa shape index (κ2) is 8.73. The van der Waals surface area contributed by atoms with E-state index in [1.54, 1.807) is 37.2 Å². The van der Waals surface area contributed by atoms with Crippen LogP contribution in [-0.4, -0.2) is 63.6 Å². The second-order valence-corrected chi connectivity index (χ2v) is 9.35. The molecule has 1 N–H and O–H groups in total. The molecule has 0 unspecified atom stereocenters. The fourth-order valence-corrected chi connectivity index (χ4v) is 5.57. The van der Waals surface area contributed by atoms with Crippen molar-refractivity contribution in [2.24, 2.45) is 20.0 Å². The van der Waals surface area contributed by atoms with E-state index in [0.29, 0.717) is 48.1 Å². The minimum absolute atomic E-state index is 0.0532. The summed E-state index contributed by atoms with van der Waals surface area (Å²) in [7, 11) is 3.49. The lowest BCUT2D eigenvalue weighted by Gasteiger charge is -2.32. The van der Waals surface area contributed by atoms with E-state index >= 15 is 4.39 Å². The summed E-state index contributed by atoms with van der Waals surface area (Å²) in [5.74, 6) is -1.68. The van der Waals surface area contributed by atoms with Crippen molar-refractivity contribution in [1.29, 1.82) is 0 Å². The van der Waals surface area contributed by atoms with Crippen molar-refractivity contribution in [3.63, 3.8) is 0 Å². The third-order valence-corrected chi connectivity index (χ3v) is 7.14. The quantitative estimate of drug-likeness (QED) is 0.387. The average Bonchev–Trinajstić information content (AvgIpc) is 3.52. The molecule has 37 heavy (non-hydrogen) atoms. The van der Waals surface area contributed by atoms with Crippen LogP contribution in [0.1, 0.15) is 40.8 Å². The van der Waals surface area contributed by atoms with Gasteiger partial charge in [-0.3, -0.25) is 14.6 Å². The zero-order valence-corrected chi connectivity index (χ0v) is 20.6. The van der Waals surface area contributed by atoms with Crippen molar-refractivity contribution in [2.45, 2.75) is 25.8 Å². The molecule has 0 bridgehead atoms. The van der Waals surface area contributed by atoms with Crippen molar-refractivity contribution in [1.82, 2.24) is 39.3 Å². The lowest BCUT2D eigenvalue weighted by Crippen LogP contribution is -2.28. The predicted octanol–water partition coefficient (Wildman–Crippen LogP) is 3.28. The lowest BCUT2D eigenvalue weighted by molar-refractivity contribution is 0.0541. The van der Waals surface area contributed by atoms with Crippen LogP contribution in [0, 0.1) is 18.7 Å². The van der Waals surface area contributed by atoms with E-state index in [2.05, 4.69) is 20.4 Å². The number of rotatable bonds is 5. The molecule has 1 saturated heterocycles. The molecule has 0 aliphatic carbocycles. The van der Waals surface area contributed by atoms with E-state index in [4.69, 9.17) is 9.72 Å². The molecular formula is C25H25FN8O3. The first kappa shape index (κ1) is 23.2. The summed E-state index contributed by atoms with van der Waals surface area (Å²) in [6.07, 6.45) is 4.62. The molecule has 1 aliphatic heterocycles. The van der Waals surface area contributed by atoms with Gasteiger partial charge in [0.2, 0.25) is 0 Å². The lowest BCUT2D eigenvalue weighted by atomic mass is 9.88. The fraction of sp³-hybridized carbons (Fsp3) is 0.360. The van der Waals surface area contributed by atoms with Gasteiger partial charge in [0, 0.05) is 45.3 Å². The van der Waals surface area contributed by atoms with Crippen molar-refractivity contribution in [2.75, 3.05) is 13.2 Å². The van der Waals surface area contributed by atoms with Gasteiger partial charge >= 0.3 is 5.97 Å². The van der Waals surface area contributed by atoms with Crippen LogP contribution in [0.25, 0.3) is 33.3 Å².